The number of carbonyl (C=O) groups is 1. The average Bonchev–Trinajstić information content (AvgIpc) is 3.23. The smallest absolute Gasteiger partial charge is 0.304 e. The second kappa shape index (κ2) is 8.80. The summed E-state index contributed by atoms with van der Waals surface area (Å²) >= 11 is 0. The van der Waals surface area contributed by atoms with Crippen molar-refractivity contribution in [2.24, 2.45) is 5.92 Å². The molecule has 1 aromatic carbocycles. The molecule has 2 N–H and O–H groups in total. The van der Waals surface area contributed by atoms with Crippen molar-refractivity contribution in [3.8, 4) is 0 Å². The van der Waals surface area contributed by atoms with Crippen LogP contribution in [0.15, 0.2) is 36.4 Å². The number of aliphatic carboxylic acids is 1. The SMILES string of the molecule is O=C(O)CCN1CCC(CNC2CC2)C1.c1ccccc1. The predicted octanol–water partition coefficient (Wildman–Crippen LogP) is 2.22. The number of likely N-dealkylation sites (tertiary alicyclic amines) is 1. The Kier molecular flexibility index (Phi) is 6.70. The van der Waals surface area contributed by atoms with Crippen LogP contribution >= 0.6 is 0 Å². The fraction of sp³-hybridized carbons (Fsp3) is 0.588. The van der Waals surface area contributed by atoms with Crippen molar-refractivity contribution in [3.05, 3.63) is 36.4 Å². The first kappa shape index (κ1) is 16.0. The van der Waals surface area contributed by atoms with Gasteiger partial charge in [0, 0.05) is 19.1 Å². The Bertz CT molecular complexity index is 380. The van der Waals surface area contributed by atoms with Gasteiger partial charge in [0.05, 0.1) is 6.42 Å². The number of benzene rings is 1. The van der Waals surface area contributed by atoms with Crippen LogP contribution in [0.25, 0.3) is 0 Å². The van der Waals surface area contributed by atoms with E-state index in [4.69, 9.17) is 5.11 Å². The van der Waals surface area contributed by atoms with Gasteiger partial charge in [-0.1, -0.05) is 36.4 Å². The fourth-order valence-electron chi connectivity index (χ4n) is 2.54. The molecular weight excluding hydrogens is 264 g/mol. The van der Waals surface area contributed by atoms with Crippen molar-refractivity contribution in [1.82, 2.24) is 10.2 Å². The summed E-state index contributed by atoms with van der Waals surface area (Å²) in [5, 5.41) is 12.1. The molecule has 0 bridgehead atoms. The van der Waals surface area contributed by atoms with Gasteiger partial charge in [-0.25, -0.2) is 0 Å². The van der Waals surface area contributed by atoms with Gasteiger partial charge in [0.15, 0.2) is 0 Å². The quantitative estimate of drug-likeness (QED) is 0.843. The Morgan fingerprint density at radius 1 is 1.10 bits per heavy atom. The summed E-state index contributed by atoms with van der Waals surface area (Å²) < 4.78 is 0. The second-order valence-electron chi connectivity index (χ2n) is 5.94. The first-order valence-electron chi connectivity index (χ1n) is 7.91. The standard InChI is InChI=1S/C11H20N2O2.C6H6/c14-11(15)4-6-13-5-3-9(8-13)7-12-10-1-2-10;1-2-4-6-5-3-1/h9-10,12H,1-8H2,(H,14,15);1-6H. The fourth-order valence-corrected chi connectivity index (χ4v) is 2.54. The van der Waals surface area contributed by atoms with Crippen molar-refractivity contribution in [2.45, 2.75) is 31.7 Å². The van der Waals surface area contributed by atoms with Crippen LogP contribution in [-0.4, -0.2) is 48.2 Å². The van der Waals surface area contributed by atoms with Gasteiger partial charge in [0.25, 0.3) is 0 Å². The van der Waals surface area contributed by atoms with Gasteiger partial charge in [0.1, 0.15) is 0 Å². The highest BCUT2D eigenvalue weighted by Gasteiger charge is 2.26. The van der Waals surface area contributed by atoms with E-state index in [1.54, 1.807) is 0 Å². The summed E-state index contributed by atoms with van der Waals surface area (Å²) in [7, 11) is 0. The van der Waals surface area contributed by atoms with Crippen molar-refractivity contribution in [2.75, 3.05) is 26.2 Å². The third kappa shape index (κ3) is 7.25. The van der Waals surface area contributed by atoms with Crippen LogP contribution in [0.2, 0.25) is 0 Å². The Hall–Kier alpha value is -1.39. The van der Waals surface area contributed by atoms with E-state index < -0.39 is 5.97 Å². The summed E-state index contributed by atoms with van der Waals surface area (Å²) in [5.41, 5.74) is 0. The summed E-state index contributed by atoms with van der Waals surface area (Å²) in [6, 6.07) is 12.8. The third-order valence-electron chi connectivity index (χ3n) is 3.95. The normalized spacial score (nSPS) is 21.6. The number of rotatable bonds is 6. The molecule has 1 unspecified atom stereocenters. The second-order valence-corrected chi connectivity index (χ2v) is 5.94. The van der Waals surface area contributed by atoms with E-state index in [0.29, 0.717) is 0 Å². The maximum absolute atomic E-state index is 10.4. The van der Waals surface area contributed by atoms with Gasteiger partial charge in [-0.05, 0) is 38.3 Å². The summed E-state index contributed by atoms with van der Waals surface area (Å²) in [6.07, 6.45) is 4.19. The maximum atomic E-state index is 10.4. The zero-order valence-electron chi connectivity index (χ0n) is 12.6. The lowest BCUT2D eigenvalue weighted by molar-refractivity contribution is -0.137. The van der Waals surface area contributed by atoms with E-state index in [0.717, 1.165) is 38.1 Å². The molecule has 4 heteroatoms. The van der Waals surface area contributed by atoms with Gasteiger partial charge in [0.2, 0.25) is 0 Å². The number of hydrogen-bond donors (Lipinski definition) is 2. The zero-order valence-corrected chi connectivity index (χ0v) is 12.6. The molecule has 0 radical (unpaired) electrons. The molecule has 0 aromatic heterocycles. The molecule has 1 saturated carbocycles. The molecule has 0 spiro atoms. The lowest BCUT2D eigenvalue weighted by atomic mass is 10.1. The maximum Gasteiger partial charge on any atom is 0.304 e. The molecule has 1 aliphatic carbocycles. The van der Waals surface area contributed by atoms with Crippen LogP contribution in [0.4, 0.5) is 0 Å². The molecular formula is C17H26N2O2. The summed E-state index contributed by atoms with van der Waals surface area (Å²) in [4.78, 5) is 12.7. The largest absolute Gasteiger partial charge is 0.481 e. The lowest BCUT2D eigenvalue weighted by Crippen LogP contribution is -2.28. The zero-order chi connectivity index (χ0) is 14.9. The molecule has 3 rings (SSSR count). The highest BCUT2D eigenvalue weighted by molar-refractivity contribution is 5.66. The molecule has 21 heavy (non-hydrogen) atoms. The van der Waals surface area contributed by atoms with E-state index in [2.05, 4.69) is 10.2 Å². The first-order valence-corrected chi connectivity index (χ1v) is 7.91. The molecule has 1 atom stereocenters. The molecule has 1 saturated heterocycles. The van der Waals surface area contributed by atoms with E-state index in [1.165, 1.54) is 19.3 Å². The Morgan fingerprint density at radius 2 is 1.71 bits per heavy atom. The van der Waals surface area contributed by atoms with E-state index in [1.807, 2.05) is 36.4 Å². The minimum atomic E-state index is -0.686. The van der Waals surface area contributed by atoms with Crippen LogP contribution < -0.4 is 5.32 Å². The highest BCUT2D eigenvalue weighted by atomic mass is 16.4. The summed E-state index contributed by atoms with van der Waals surface area (Å²) in [5.74, 6) is 0.0500. The lowest BCUT2D eigenvalue weighted by Gasteiger charge is -2.14. The molecule has 2 aliphatic rings. The Balaban J connectivity index is 0.000000225. The van der Waals surface area contributed by atoms with Gasteiger partial charge < -0.3 is 15.3 Å². The Labute approximate surface area is 127 Å². The third-order valence-corrected chi connectivity index (χ3v) is 3.95. The summed E-state index contributed by atoms with van der Waals surface area (Å²) in [6.45, 7) is 3.99. The number of hydrogen-bond acceptors (Lipinski definition) is 3. The predicted molar refractivity (Wildman–Crippen MR) is 84.3 cm³/mol. The molecule has 4 nitrogen and oxygen atoms in total. The number of nitrogens with zero attached hydrogens (tertiary/aromatic N) is 1. The van der Waals surface area contributed by atoms with Crippen LogP contribution in [-0.2, 0) is 4.79 Å². The molecule has 0 amide bonds. The average molecular weight is 290 g/mol. The minimum absolute atomic E-state index is 0.281. The van der Waals surface area contributed by atoms with Crippen molar-refractivity contribution in [1.29, 1.82) is 0 Å². The van der Waals surface area contributed by atoms with Gasteiger partial charge >= 0.3 is 5.97 Å². The van der Waals surface area contributed by atoms with Gasteiger partial charge in [-0.15, -0.1) is 0 Å². The highest BCUT2D eigenvalue weighted by Crippen LogP contribution is 2.21. The molecule has 116 valence electrons. The van der Waals surface area contributed by atoms with Crippen molar-refractivity contribution in [3.63, 3.8) is 0 Å². The van der Waals surface area contributed by atoms with E-state index in [9.17, 15) is 4.79 Å². The number of carboxylic acid groups (broad SMARTS) is 1. The molecule has 1 aliphatic heterocycles. The van der Waals surface area contributed by atoms with Crippen LogP contribution in [0.1, 0.15) is 25.7 Å². The Morgan fingerprint density at radius 3 is 2.24 bits per heavy atom. The van der Waals surface area contributed by atoms with Crippen LogP contribution in [0.5, 0.6) is 0 Å². The van der Waals surface area contributed by atoms with Gasteiger partial charge in [-0.3, -0.25) is 4.79 Å². The monoisotopic (exact) mass is 290 g/mol. The molecule has 2 fully saturated rings. The van der Waals surface area contributed by atoms with E-state index >= 15 is 0 Å². The van der Waals surface area contributed by atoms with Gasteiger partial charge in [-0.2, -0.15) is 0 Å². The molecule has 1 aromatic rings. The van der Waals surface area contributed by atoms with Crippen LogP contribution in [0.3, 0.4) is 0 Å². The number of nitrogens with one attached hydrogen (secondary N) is 1. The topological polar surface area (TPSA) is 52.6 Å². The first-order chi connectivity index (χ1) is 10.2. The van der Waals surface area contributed by atoms with E-state index in [-0.39, 0.29) is 6.42 Å². The van der Waals surface area contributed by atoms with Crippen LogP contribution in [0, 0.1) is 5.92 Å². The van der Waals surface area contributed by atoms with Crippen molar-refractivity contribution < 1.29 is 9.90 Å². The van der Waals surface area contributed by atoms with Crippen molar-refractivity contribution >= 4 is 5.97 Å². The molecule has 1 heterocycles. The minimum Gasteiger partial charge on any atom is -0.481 e. The number of carboxylic acids is 1.